The van der Waals surface area contributed by atoms with E-state index < -0.39 is 28.0 Å². The van der Waals surface area contributed by atoms with Crippen molar-refractivity contribution >= 4 is 21.9 Å². The summed E-state index contributed by atoms with van der Waals surface area (Å²) in [4.78, 5) is 24.5. The number of hydrogen-bond donors (Lipinski definition) is 1. The number of esters is 1. The van der Waals surface area contributed by atoms with Crippen LogP contribution < -0.4 is 5.32 Å². The van der Waals surface area contributed by atoms with Gasteiger partial charge in [0, 0.05) is 26.3 Å². The summed E-state index contributed by atoms with van der Waals surface area (Å²) in [5, 5.41) is 2.60. The zero-order valence-electron chi connectivity index (χ0n) is 16.3. The minimum Gasteiger partial charge on any atom is -0.467 e. The first kappa shape index (κ1) is 21.7. The quantitative estimate of drug-likeness (QED) is 0.626. The molecule has 0 bridgehead atoms. The van der Waals surface area contributed by atoms with E-state index >= 15 is 0 Å². The summed E-state index contributed by atoms with van der Waals surface area (Å²) >= 11 is 0. The minimum absolute atomic E-state index is 0.000531. The first-order chi connectivity index (χ1) is 13.2. The lowest BCUT2D eigenvalue weighted by atomic mass is 10.3. The van der Waals surface area contributed by atoms with Crippen molar-refractivity contribution in [2.24, 2.45) is 7.05 Å². The van der Waals surface area contributed by atoms with E-state index in [0.29, 0.717) is 18.8 Å². The number of carbonyl (C=O) groups is 2. The fourth-order valence-corrected chi connectivity index (χ4v) is 4.13. The molecule has 154 valence electrons. The second-order valence-corrected chi connectivity index (χ2v) is 8.04. The third kappa shape index (κ3) is 4.82. The van der Waals surface area contributed by atoms with E-state index in [9.17, 15) is 18.0 Å². The molecule has 0 fully saturated rings. The van der Waals surface area contributed by atoms with Crippen molar-refractivity contribution in [3.05, 3.63) is 42.1 Å². The monoisotopic (exact) mass is 411 g/mol. The average molecular weight is 411 g/mol. The summed E-state index contributed by atoms with van der Waals surface area (Å²) in [5.41, 5.74) is 0.0383. The number of nitrogens with zero attached hydrogens (tertiary/aromatic N) is 2. The minimum atomic E-state index is -3.70. The van der Waals surface area contributed by atoms with Crippen molar-refractivity contribution in [1.82, 2.24) is 14.2 Å². The highest BCUT2D eigenvalue weighted by Gasteiger charge is 2.27. The molecule has 0 saturated heterocycles. The van der Waals surface area contributed by atoms with Gasteiger partial charge < -0.3 is 19.0 Å². The van der Waals surface area contributed by atoms with Gasteiger partial charge in [-0.3, -0.25) is 4.79 Å². The van der Waals surface area contributed by atoms with Gasteiger partial charge >= 0.3 is 5.97 Å². The predicted molar refractivity (Wildman–Crippen MR) is 101 cm³/mol. The van der Waals surface area contributed by atoms with Crippen LogP contribution in [0, 0.1) is 0 Å². The van der Waals surface area contributed by atoms with Crippen LogP contribution in [0.3, 0.4) is 0 Å². The highest BCUT2D eigenvalue weighted by molar-refractivity contribution is 7.89. The molecule has 2 rings (SSSR count). The smallest absolute Gasteiger partial charge is 0.355 e. The largest absolute Gasteiger partial charge is 0.467 e. The summed E-state index contributed by atoms with van der Waals surface area (Å²) in [6.07, 6.45) is 1.79. The van der Waals surface area contributed by atoms with E-state index in [4.69, 9.17) is 9.15 Å². The van der Waals surface area contributed by atoms with E-state index in [1.165, 1.54) is 34.3 Å². The van der Waals surface area contributed by atoms with Gasteiger partial charge in [0.15, 0.2) is 6.10 Å². The first-order valence-corrected chi connectivity index (χ1v) is 10.3. The molecule has 28 heavy (non-hydrogen) atoms. The van der Waals surface area contributed by atoms with Crippen molar-refractivity contribution in [2.75, 3.05) is 13.1 Å². The summed E-state index contributed by atoms with van der Waals surface area (Å²) in [6.45, 7) is 5.72. The molecule has 1 unspecified atom stereocenters. The third-order valence-corrected chi connectivity index (χ3v) is 6.22. The lowest BCUT2D eigenvalue weighted by Crippen LogP contribution is -2.35. The average Bonchev–Trinajstić information content (AvgIpc) is 3.30. The maximum Gasteiger partial charge on any atom is 0.355 e. The number of aryl methyl sites for hydroxylation is 1. The molecule has 0 aliphatic heterocycles. The van der Waals surface area contributed by atoms with E-state index in [0.717, 1.165) is 0 Å². The molecule has 0 aliphatic rings. The zero-order valence-corrected chi connectivity index (χ0v) is 17.2. The van der Waals surface area contributed by atoms with Crippen LogP contribution in [0.1, 0.15) is 37.0 Å². The van der Waals surface area contributed by atoms with Gasteiger partial charge in [-0.25, -0.2) is 13.2 Å². The summed E-state index contributed by atoms with van der Waals surface area (Å²) < 4.78 is 38.2. The number of sulfonamides is 1. The predicted octanol–water partition coefficient (Wildman–Crippen LogP) is 1.51. The fraction of sp³-hybridized carbons (Fsp3) is 0.444. The lowest BCUT2D eigenvalue weighted by molar-refractivity contribution is -0.129. The van der Waals surface area contributed by atoms with Gasteiger partial charge in [-0.1, -0.05) is 13.8 Å². The van der Waals surface area contributed by atoms with Gasteiger partial charge in [0.1, 0.15) is 16.3 Å². The van der Waals surface area contributed by atoms with Crippen LogP contribution in [0.2, 0.25) is 0 Å². The Hall–Kier alpha value is -2.59. The van der Waals surface area contributed by atoms with Crippen molar-refractivity contribution in [3.8, 4) is 0 Å². The van der Waals surface area contributed by atoms with E-state index in [-0.39, 0.29) is 17.1 Å². The summed E-state index contributed by atoms with van der Waals surface area (Å²) in [5.74, 6) is -0.709. The van der Waals surface area contributed by atoms with Crippen molar-refractivity contribution in [1.29, 1.82) is 0 Å². The number of furan rings is 1. The standard InChI is InChI=1S/C18H25N3O6S/c1-5-21(6-2)28(24,25)15-10-16(20(4)12-15)18(23)27-13(3)17(22)19-11-14-8-7-9-26-14/h7-10,12-13H,5-6,11H2,1-4H3,(H,19,22). The molecule has 2 aromatic heterocycles. The third-order valence-electron chi connectivity index (χ3n) is 4.20. The van der Waals surface area contributed by atoms with Gasteiger partial charge in [0.05, 0.1) is 12.8 Å². The van der Waals surface area contributed by atoms with Gasteiger partial charge in [-0.05, 0) is 25.1 Å². The van der Waals surface area contributed by atoms with Gasteiger partial charge in [-0.15, -0.1) is 0 Å². The van der Waals surface area contributed by atoms with Gasteiger partial charge in [0.25, 0.3) is 5.91 Å². The molecule has 0 aliphatic carbocycles. The normalized spacial score (nSPS) is 12.8. The number of amides is 1. The number of hydrogen-bond acceptors (Lipinski definition) is 6. The zero-order chi connectivity index (χ0) is 20.9. The van der Waals surface area contributed by atoms with E-state index in [1.807, 2.05) is 0 Å². The van der Waals surface area contributed by atoms with Crippen molar-refractivity contribution < 1.29 is 27.2 Å². The van der Waals surface area contributed by atoms with Crippen LogP contribution in [0.4, 0.5) is 0 Å². The Morgan fingerprint density at radius 3 is 2.57 bits per heavy atom. The molecule has 10 heteroatoms. The molecule has 1 atom stereocenters. The second-order valence-electron chi connectivity index (χ2n) is 6.11. The topological polar surface area (TPSA) is 111 Å². The number of rotatable bonds is 9. The van der Waals surface area contributed by atoms with Crippen LogP contribution in [0.5, 0.6) is 0 Å². The SMILES string of the molecule is CCN(CC)S(=O)(=O)c1cc(C(=O)OC(C)C(=O)NCc2ccco2)n(C)c1. The maximum atomic E-state index is 12.6. The fourth-order valence-electron chi connectivity index (χ4n) is 2.60. The second kappa shape index (κ2) is 9.07. The highest BCUT2D eigenvalue weighted by Crippen LogP contribution is 2.19. The molecule has 9 nitrogen and oxygen atoms in total. The molecule has 1 N–H and O–H groups in total. The highest BCUT2D eigenvalue weighted by atomic mass is 32.2. The molecule has 1 amide bonds. The Balaban J connectivity index is 2.06. The Morgan fingerprint density at radius 2 is 2.00 bits per heavy atom. The Morgan fingerprint density at radius 1 is 1.32 bits per heavy atom. The molecular formula is C18H25N3O6S. The molecule has 0 aromatic carbocycles. The Bertz CT molecular complexity index is 913. The van der Waals surface area contributed by atoms with Crippen LogP contribution in [-0.4, -0.2) is 48.4 Å². The molecule has 0 spiro atoms. The number of nitrogens with one attached hydrogen (secondary N) is 1. The van der Waals surface area contributed by atoms with Crippen molar-refractivity contribution in [2.45, 2.75) is 38.3 Å². The molecule has 2 aromatic rings. The van der Waals surface area contributed by atoms with E-state index in [2.05, 4.69) is 5.32 Å². The van der Waals surface area contributed by atoms with Crippen LogP contribution >= 0.6 is 0 Å². The summed E-state index contributed by atoms with van der Waals surface area (Å²) in [6, 6.07) is 4.66. The maximum absolute atomic E-state index is 12.6. The molecule has 0 saturated carbocycles. The lowest BCUT2D eigenvalue weighted by Gasteiger charge is -2.17. The first-order valence-electron chi connectivity index (χ1n) is 8.88. The van der Waals surface area contributed by atoms with Crippen molar-refractivity contribution in [3.63, 3.8) is 0 Å². The number of carbonyl (C=O) groups excluding carboxylic acids is 2. The van der Waals surface area contributed by atoms with Crippen LogP contribution in [0.25, 0.3) is 0 Å². The number of ether oxygens (including phenoxy) is 1. The molecule has 2 heterocycles. The number of aromatic nitrogens is 1. The molecular weight excluding hydrogens is 386 g/mol. The Labute approximate surface area is 164 Å². The van der Waals surface area contributed by atoms with Gasteiger partial charge in [0.2, 0.25) is 10.0 Å². The van der Waals surface area contributed by atoms with Gasteiger partial charge in [-0.2, -0.15) is 4.31 Å². The van der Waals surface area contributed by atoms with E-state index in [1.54, 1.807) is 33.0 Å². The van der Waals surface area contributed by atoms with Crippen LogP contribution in [-0.2, 0) is 33.1 Å². The van der Waals surface area contributed by atoms with Crippen LogP contribution in [0.15, 0.2) is 40.0 Å². The molecule has 0 radical (unpaired) electrons. The Kier molecular flexibility index (Phi) is 7.03. The summed E-state index contributed by atoms with van der Waals surface area (Å²) in [7, 11) is -2.16.